The van der Waals surface area contributed by atoms with Crippen LogP contribution in [0.4, 0.5) is 0 Å². The van der Waals surface area contributed by atoms with Crippen molar-refractivity contribution in [2.75, 3.05) is 0 Å². The molecule has 0 saturated heterocycles. The van der Waals surface area contributed by atoms with Gasteiger partial charge in [-0.05, 0) is 46.7 Å². The highest BCUT2D eigenvalue weighted by atomic mass is 35.5. The van der Waals surface area contributed by atoms with E-state index in [-0.39, 0.29) is 10.7 Å². The third-order valence-corrected chi connectivity index (χ3v) is 2.71. The third kappa shape index (κ3) is 3.07. The molecule has 0 saturated carbocycles. The van der Waals surface area contributed by atoms with E-state index in [9.17, 15) is 4.79 Å². The van der Waals surface area contributed by atoms with E-state index in [1.807, 2.05) is 12.1 Å². The van der Waals surface area contributed by atoms with E-state index in [0.717, 1.165) is 17.5 Å². The highest BCUT2D eigenvalue weighted by Gasteiger charge is 2.16. The summed E-state index contributed by atoms with van der Waals surface area (Å²) in [7, 11) is 0. The van der Waals surface area contributed by atoms with E-state index in [2.05, 4.69) is 33.8 Å². The Kier molecular flexibility index (Phi) is 3.56. The van der Waals surface area contributed by atoms with Gasteiger partial charge in [0.05, 0.1) is 0 Å². The van der Waals surface area contributed by atoms with Crippen LogP contribution in [0.3, 0.4) is 0 Å². The molecule has 0 aromatic heterocycles. The topological polar surface area (TPSA) is 17.1 Å². The van der Waals surface area contributed by atoms with Crippen LogP contribution in [0.25, 0.3) is 0 Å². The minimum atomic E-state index is -0.379. The molecule has 0 aliphatic rings. The molecule has 0 fully saturated rings. The van der Waals surface area contributed by atoms with Gasteiger partial charge in [-0.25, -0.2) is 0 Å². The van der Waals surface area contributed by atoms with Crippen LogP contribution in [-0.4, -0.2) is 5.24 Å². The monoisotopic (exact) mass is 224 g/mol. The second-order valence-electron chi connectivity index (χ2n) is 4.80. The molecular weight excluding hydrogens is 208 g/mol. The zero-order valence-corrected chi connectivity index (χ0v) is 10.5. The van der Waals surface area contributed by atoms with Crippen LogP contribution in [0.5, 0.6) is 0 Å². The molecule has 82 valence electrons. The zero-order valence-electron chi connectivity index (χ0n) is 9.73. The first-order valence-corrected chi connectivity index (χ1v) is 5.56. The lowest BCUT2D eigenvalue weighted by Gasteiger charge is -2.20. The Morgan fingerprint density at radius 3 is 2.27 bits per heavy atom. The standard InChI is InChI=1S/C13H17ClO/c1-5-9-6-10(12(14)15)8-11(7-9)13(2,3)4/h6-8H,5H2,1-4H3. The van der Waals surface area contributed by atoms with Gasteiger partial charge in [-0.3, -0.25) is 4.79 Å². The number of hydrogen-bond donors (Lipinski definition) is 0. The van der Waals surface area contributed by atoms with E-state index in [0.29, 0.717) is 5.56 Å². The molecule has 0 bridgehead atoms. The smallest absolute Gasteiger partial charge is 0.252 e. The van der Waals surface area contributed by atoms with Gasteiger partial charge >= 0.3 is 0 Å². The highest BCUT2D eigenvalue weighted by molar-refractivity contribution is 6.67. The molecular formula is C13H17ClO. The van der Waals surface area contributed by atoms with Crippen molar-refractivity contribution < 1.29 is 4.79 Å². The van der Waals surface area contributed by atoms with Gasteiger partial charge in [0.25, 0.3) is 5.24 Å². The number of halogens is 1. The molecule has 0 atom stereocenters. The Hall–Kier alpha value is -0.820. The predicted molar refractivity (Wildman–Crippen MR) is 64.7 cm³/mol. The first-order chi connectivity index (χ1) is 6.84. The van der Waals surface area contributed by atoms with Crippen LogP contribution in [0.2, 0.25) is 0 Å². The van der Waals surface area contributed by atoms with Crippen molar-refractivity contribution in [1.82, 2.24) is 0 Å². The zero-order chi connectivity index (χ0) is 11.6. The molecule has 1 aromatic rings. The minimum absolute atomic E-state index is 0.0479. The van der Waals surface area contributed by atoms with Gasteiger partial charge in [0.15, 0.2) is 0 Å². The maximum Gasteiger partial charge on any atom is 0.252 e. The average molecular weight is 225 g/mol. The van der Waals surface area contributed by atoms with E-state index in [4.69, 9.17) is 11.6 Å². The van der Waals surface area contributed by atoms with E-state index < -0.39 is 0 Å². The van der Waals surface area contributed by atoms with Crippen molar-refractivity contribution in [3.63, 3.8) is 0 Å². The Balaban J connectivity index is 3.30. The quantitative estimate of drug-likeness (QED) is 0.696. The summed E-state index contributed by atoms with van der Waals surface area (Å²) in [5.41, 5.74) is 2.96. The number of hydrogen-bond acceptors (Lipinski definition) is 1. The summed E-state index contributed by atoms with van der Waals surface area (Å²) in [6.07, 6.45) is 0.918. The summed E-state index contributed by atoms with van der Waals surface area (Å²) in [5, 5.41) is -0.379. The Labute approximate surface area is 96.5 Å². The lowest BCUT2D eigenvalue weighted by atomic mass is 9.85. The van der Waals surface area contributed by atoms with Crippen LogP contribution in [0.15, 0.2) is 18.2 Å². The molecule has 1 aromatic carbocycles. The normalized spacial score (nSPS) is 11.5. The third-order valence-electron chi connectivity index (χ3n) is 2.49. The van der Waals surface area contributed by atoms with Gasteiger partial charge in [0, 0.05) is 5.56 Å². The second kappa shape index (κ2) is 4.36. The molecule has 0 aliphatic heterocycles. The molecule has 0 aliphatic carbocycles. The van der Waals surface area contributed by atoms with Gasteiger partial charge < -0.3 is 0 Å². The first kappa shape index (κ1) is 12.3. The maximum atomic E-state index is 11.2. The van der Waals surface area contributed by atoms with Gasteiger partial charge in [0.1, 0.15) is 0 Å². The summed E-state index contributed by atoms with van der Waals surface area (Å²) in [6, 6.07) is 5.89. The van der Waals surface area contributed by atoms with Gasteiger partial charge in [-0.1, -0.05) is 33.8 Å². The van der Waals surface area contributed by atoms with Crippen LogP contribution in [0, 0.1) is 0 Å². The summed E-state index contributed by atoms with van der Waals surface area (Å²) >= 11 is 5.52. The van der Waals surface area contributed by atoms with Crippen molar-refractivity contribution in [2.24, 2.45) is 0 Å². The van der Waals surface area contributed by atoms with Crippen LogP contribution < -0.4 is 0 Å². The van der Waals surface area contributed by atoms with Gasteiger partial charge in [-0.2, -0.15) is 0 Å². The molecule has 1 nitrogen and oxygen atoms in total. The molecule has 0 N–H and O–H groups in total. The molecule has 1 rings (SSSR count). The van der Waals surface area contributed by atoms with E-state index in [1.54, 1.807) is 0 Å². The number of carbonyl (C=O) groups is 1. The van der Waals surface area contributed by atoms with Gasteiger partial charge in [0.2, 0.25) is 0 Å². The lowest BCUT2D eigenvalue weighted by molar-refractivity contribution is 0.108. The fraction of sp³-hybridized carbons (Fsp3) is 0.462. The molecule has 0 unspecified atom stereocenters. The lowest BCUT2D eigenvalue weighted by Crippen LogP contribution is -2.12. The molecule has 0 radical (unpaired) electrons. The highest BCUT2D eigenvalue weighted by Crippen LogP contribution is 2.25. The van der Waals surface area contributed by atoms with Gasteiger partial charge in [-0.15, -0.1) is 0 Å². The number of rotatable bonds is 2. The Morgan fingerprint density at radius 2 is 1.87 bits per heavy atom. The summed E-state index contributed by atoms with van der Waals surface area (Å²) in [5.74, 6) is 0. The molecule has 0 spiro atoms. The van der Waals surface area contributed by atoms with Crippen molar-refractivity contribution in [1.29, 1.82) is 0 Å². The summed E-state index contributed by atoms with van der Waals surface area (Å²) in [6.45, 7) is 8.46. The number of carbonyl (C=O) groups excluding carboxylic acids is 1. The van der Waals surface area contributed by atoms with E-state index in [1.165, 1.54) is 0 Å². The molecule has 15 heavy (non-hydrogen) atoms. The second-order valence-corrected chi connectivity index (χ2v) is 5.14. The average Bonchev–Trinajstić information content (AvgIpc) is 2.15. The fourth-order valence-corrected chi connectivity index (χ4v) is 1.55. The van der Waals surface area contributed by atoms with Crippen LogP contribution >= 0.6 is 11.6 Å². The molecule has 0 amide bonds. The van der Waals surface area contributed by atoms with Crippen molar-refractivity contribution in [3.8, 4) is 0 Å². The van der Waals surface area contributed by atoms with Crippen molar-refractivity contribution in [3.05, 3.63) is 34.9 Å². The predicted octanol–water partition coefficient (Wildman–Crippen LogP) is 3.93. The summed E-state index contributed by atoms with van der Waals surface area (Å²) < 4.78 is 0. The summed E-state index contributed by atoms with van der Waals surface area (Å²) in [4.78, 5) is 11.2. The van der Waals surface area contributed by atoms with E-state index >= 15 is 0 Å². The fourth-order valence-electron chi connectivity index (χ4n) is 1.44. The minimum Gasteiger partial charge on any atom is -0.276 e. The van der Waals surface area contributed by atoms with Crippen LogP contribution in [-0.2, 0) is 11.8 Å². The SMILES string of the molecule is CCc1cc(C(=O)Cl)cc(C(C)(C)C)c1. The Bertz CT molecular complexity index is 375. The first-order valence-electron chi connectivity index (χ1n) is 5.19. The van der Waals surface area contributed by atoms with Crippen molar-refractivity contribution in [2.45, 2.75) is 39.5 Å². The molecule has 0 heterocycles. The molecule has 2 heteroatoms. The Morgan fingerprint density at radius 1 is 1.27 bits per heavy atom. The number of aryl methyl sites for hydroxylation is 1. The van der Waals surface area contributed by atoms with Crippen LogP contribution in [0.1, 0.15) is 49.2 Å². The number of benzene rings is 1. The maximum absolute atomic E-state index is 11.2. The largest absolute Gasteiger partial charge is 0.276 e. The van der Waals surface area contributed by atoms with Crippen molar-refractivity contribution >= 4 is 16.8 Å².